The number of likely N-dealkylation sites (tertiary alicyclic amines) is 1. The van der Waals surface area contributed by atoms with E-state index >= 15 is 0 Å². The number of imide groups is 1. The van der Waals surface area contributed by atoms with Crippen LogP contribution in [0.1, 0.15) is 36.8 Å². The van der Waals surface area contributed by atoms with Gasteiger partial charge in [-0.1, -0.05) is 24.3 Å². The van der Waals surface area contributed by atoms with Crippen molar-refractivity contribution < 1.29 is 9.59 Å². The van der Waals surface area contributed by atoms with E-state index in [0.29, 0.717) is 13.1 Å². The van der Waals surface area contributed by atoms with Crippen LogP contribution in [0.5, 0.6) is 0 Å². The third-order valence-corrected chi connectivity index (χ3v) is 6.33. The summed E-state index contributed by atoms with van der Waals surface area (Å²) in [6.45, 7) is 2.90. The summed E-state index contributed by atoms with van der Waals surface area (Å²) in [6, 6.07) is 8.59. The number of carbonyl (C=O) groups is 2. The predicted octanol–water partition coefficient (Wildman–Crippen LogP) is 1.48. The molecule has 2 N–H and O–H groups in total. The highest BCUT2D eigenvalue weighted by Crippen LogP contribution is 2.43. The molecule has 0 radical (unpaired) electrons. The molecule has 2 heterocycles. The monoisotopic (exact) mass is 383 g/mol. The number of hydrogen-bond donors (Lipinski definition) is 2. The van der Waals surface area contributed by atoms with Gasteiger partial charge in [0.2, 0.25) is 5.91 Å². The third kappa shape index (κ3) is 3.45. The maximum absolute atomic E-state index is 11.7. The first-order chi connectivity index (χ1) is 13.6. The smallest absolute Gasteiger partial charge is 0.324 e. The van der Waals surface area contributed by atoms with Crippen LogP contribution in [-0.2, 0) is 16.6 Å². The van der Waals surface area contributed by atoms with Crippen molar-refractivity contribution in [3.05, 3.63) is 35.4 Å². The molecule has 4 rings (SSSR count). The molecule has 7 heteroatoms. The van der Waals surface area contributed by atoms with Crippen molar-refractivity contribution in [2.24, 2.45) is 4.99 Å². The Kier molecular flexibility index (Phi) is 5.24. The summed E-state index contributed by atoms with van der Waals surface area (Å²) >= 11 is 0. The van der Waals surface area contributed by atoms with Crippen molar-refractivity contribution in [3.63, 3.8) is 0 Å². The lowest BCUT2D eigenvalue weighted by atomic mass is 9.66. The Bertz CT molecular complexity index is 777. The fraction of sp³-hybridized carbons (Fsp3) is 0.571. The highest BCUT2D eigenvalue weighted by Gasteiger charge is 2.40. The van der Waals surface area contributed by atoms with Crippen molar-refractivity contribution in [2.45, 2.75) is 37.5 Å². The molecule has 1 atom stereocenters. The Balaban J connectivity index is 1.42. The molecule has 0 saturated carbocycles. The fourth-order valence-corrected chi connectivity index (χ4v) is 5.04. The summed E-state index contributed by atoms with van der Waals surface area (Å²) in [5, 5.41) is 5.91. The molecule has 2 fully saturated rings. The molecule has 2 saturated heterocycles. The molecular formula is C21H29N5O2. The van der Waals surface area contributed by atoms with E-state index < -0.39 is 0 Å². The summed E-state index contributed by atoms with van der Waals surface area (Å²) in [5.41, 5.74) is 3.22. The average Bonchev–Trinajstić information content (AvgIpc) is 3.04. The fourth-order valence-electron chi connectivity index (χ4n) is 5.04. The number of rotatable bonds is 3. The topological polar surface area (TPSA) is 77.0 Å². The van der Waals surface area contributed by atoms with Crippen molar-refractivity contribution in [2.75, 3.05) is 39.8 Å². The molecule has 1 unspecified atom stereocenters. The van der Waals surface area contributed by atoms with E-state index in [-0.39, 0.29) is 23.9 Å². The third-order valence-electron chi connectivity index (χ3n) is 6.33. The van der Waals surface area contributed by atoms with Gasteiger partial charge in [0.15, 0.2) is 5.96 Å². The van der Waals surface area contributed by atoms with E-state index in [0.717, 1.165) is 25.5 Å². The van der Waals surface area contributed by atoms with E-state index in [2.05, 4.69) is 44.8 Å². The lowest BCUT2D eigenvalue weighted by Crippen LogP contribution is -2.54. The second-order valence-corrected chi connectivity index (χ2v) is 7.99. The number of hydrogen-bond acceptors (Lipinski definition) is 3. The zero-order valence-corrected chi connectivity index (χ0v) is 16.5. The van der Waals surface area contributed by atoms with Gasteiger partial charge in [-0.25, -0.2) is 4.79 Å². The SMILES string of the molecule is CN=C(NCCN1C(=O)CNC1=O)N1CCCC2(CCCc3ccccc32)C1. The summed E-state index contributed by atoms with van der Waals surface area (Å²) in [4.78, 5) is 31.5. The van der Waals surface area contributed by atoms with Crippen molar-refractivity contribution >= 4 is 17.9 Å². The number of nitrogens with one attached hydrogen (secondary N) is 2. The number of carbonyl (C=O) groups excluding carboxylic acids is 2. The summed E-state index contributed by atoms with van der Waals surface area (Å²) in [6.07, 6.45) is 6.00. The van der Waals surface area contributed by atoms with Crippen molar-refractivity contribution in [1.82, 2.24) is 20.4 Å². The zero-order valence-electron chi connectivity index (χ0n) is 16.5. The maximum Gasteiger partial charge on any atom is 0.324 e. The van der Waals surface area contributed by atoms with Crippen LogP contribution in [0.25, 0.3) is 0 Å². The van der Waals surface area contributed by atoms with E-state index in [1.807, 2.05) is 0 Å². The molecule has 28 heavy (non-hydrogen) atoms. The van der Waals surface area contributed by atoms with Gasteiger partial charge in [0.05, 0.1) is 6.54 Å². The first-order valence-corrected chi connectivity index (χ1v) is 10.3. The Hall–Kier alpha value is -2.57. The minimum atomic E-state index is -0.308. The highest BCUT2D eigenvalue weighted by atomic mass is 16.2. The Labute approximate surface area is 166 Å². The molecule has 1 aliphatic carbocycles. The van der Waals surface area contributed by atoms with Crippen molar-refractivity contribution in [3.8, 4) is 0 Å². The van der Waals surface area contributed by atoms with Crippen LogP contribution in [0.2, 0.25) is 0 Å². The van der Waals surface area contributed by atoms with Crippen LogP contribution in [0.15, 0.2) is 29.3 Å². The second-order valence-electron chi connectivity index (χ2n) is 7.99. The quantitative estimate of drug-likeness (QED) is 0.471. The van der Waals surface area contributed by atoms with E-state index in [4.69, 9.17) is 0 Å². The van der Waals surface area contributed by atoms with Crippen LogP contribution in [0, 0.1) is 0 Å². The van der Waals surface area contributed by atoms with E-state index in [9.17, 15) is 9.59 Å². The molecule has 1 aromatic rings. The van der Waals surface area contributed by atoms with E-state index in [1.54, 1.807) is 7.05 Å². The molecule has 0 aromatic heterocycles. The molecule has 7 nitrogen and oxygen atoms in total. The Morgan fingerprint density at radius 1 is 1.25 bits per heavy atom. The number of amides is 3. The Morgan fingerprint density at radius 2 is 2.07 bits per heavy atom. The van der Waals surface area contributed by atoms with Gasteiger partial charge in [-0.3, -0.25) is 14.7 Å². The summed E-state index contributed by atoms with van der Waals surface area (Å²) in [7, 11) is 1.80. The number of fused-ring (bicyclic) bond motifs is 2. The molecule has 3 aliphatic rings. The predicted molar refractivity (Wildman–Crippen MR) is 108 cm³/mol. The van der Waals surface area contributed by atoms with Gasteiger partial charge >= 0.3 is 6.03 Å². The van der Waals surface area contributed by atoms with Crippen LogP contribution in [-0.4, -0.2) is 67.5 Å². The first-order valence-electron chi connectivity index (χ1n) is 10.3. The van der Waals surface area contributed by atoms with Gasteiger partial charge in [-0.2, -0.15) is 0 Å². The average molecular weight is 383 g/mol. The van der Waals surface area contributed by atoms with E-state index in [1.165, 1.54) is 41.7 Å². The normalized spacial score (nSPS) is 25.1. The van der Waals surface area contributed by atoms with Gasteiger partial charge in [-0.05, 0) is 43.2 Å². The zero-order chi connectivity index (χ0) is 19.6. The number of guanidine groups is 1. The van der Waals surface area contributed by atoms with Crippen molar-refractivity contribution in [1.29, 1.82) is 0 Å². The van der Waals surface area contributed by atoms with Crippen LogP contribution in [0.4, 0.5) is 4.79 Å². The standard InChI is InChI=1S/C21H29N5O2/c1-22-19(23-11-13-26-18(27)14-24-20(26)28)25-12-5-10-21(15-25)9-4-7-16-6-2-3-8-17(16)21/h2-3,6,8H,4-5,7,9-15H2,1H3,(H,22,23)(H,24,28). The van der Waals surface area contributed by atoms with Gasteiger partial charge in [-0.15, -0.1) is 0 Å². The van der Waals surface area contributed by atoms with Gasteiger partial charge in [0.1, 0.15) is 0 Å². The van der Waals surface area contributed by atoms with Crippen LogP contribution >= 0.6 is 0 Å². The number of urea groups is 1. The minimum absolute atomic E-state index is 0.0988. The van der Waals surface area contributed by atoms with Crippen LogP contribution in [0.3, 0.4) is 0 Å². The highest BCUT2D eigenvalue weighted by molar-refractivity contribution is 6.01. The minimum Gasteiger partial charge on any atom is -0.354 e. The molecular weight excluding hydrogens is 354 g/mol. The summed E-state index contributed by atoms with van der Waals surface area (Å²) in [5.74, 6) is 0.687. The molecule has 0 bridgehead atoms. The number of aryl methyl sites for hydroxylation is 1. The number of piperidine rings is 1. The van der Waals surface area contributed by atoms with Gasteiger partial charge in [0.25, 0.3) is 0 Å². The van der Waals surface area contributed by atoms with Gasteiger partial charge in [0, 0.05) is 38.6 Å². The molecule has 2 aliphatic heterocycles. The molecule has 150 valence electrons. The molecule has 3 amide bonds. The second kappa shape index (κ2) is 7.81. The number of nitrogens with zero attached hydrogens (tertiary/aromatic N) is 3. The number of aliphatic imine (C=N–C) groups is 1. The van der Waals surface area contributed by atoms with Crippen LogP contribution < -0.4 is 10.6 Å². The number of benzene rings is 1. The molecule has 1 aromatic carbocycles. The molecule has 1 spiro atoms. The van der Waals surface area contributed by atoms with Gasteiger partial charge < -0.3 is 15.5 Å². The first kappa shape index (κ1) is 18.8. The maximum atomic E-state index is 11.7. The lowest BCUT2D eigenvalue weighted by Gasteiger charge is -2.47. The lowest BCUT2D eigenvalue weighted by molar-refractivity contribution is -0.124. The Morgan fingerprint density at radius 3 is 2.86 bits per heavy atom. The largest absolute Gasteiger partial charge is 0.354 e. The summed E-state index contributed by atoms with van der Waals surface area (Å²) < 4.78 is 0.